The highest BCUT2D eigenvalue weighted by atomic mass is 32.2. The van der Waals surface area contributed by atoms with Gasteiger partial charge in [0.15, 0.2) is 0 Å². The molecule has 0 heterocycles. The van der Waals surface area contributed by atoms with Crippen LogP contribution in [0, 0.1) is 5.92 Å². The average Bonchev–Trinajstić information content (AvgIpc) is 2.53. The zero-order valence-electron chi connectivity index (χ0n) is 14.3. The molecule has 2 aromatic carbocycles. The van der Waals surface area contributed by atoms with Gasteiger partial charge in [0.1, 0.15) is 0 Å². The topological polar surface area (TPSA) is 66.5 Å². The predicted octanol–water partition coefficient (Wildman–Crippen LogP) is 2.62. The number of sulfonamides is 1. The van der Waals surface area contributed by atoms with Crippen molar-refractivity contribution >= 4 is 26.7 Å². The number of nitrogens with zero attached hydrogens (tertiary/aromatic N) is 1. The van der Waals surface area contributed by atoms with Crippen molar-refractivity contribution in [3.05, 3.63) is 42.5 Å². The Bertz CT molecular complexity index is 816. The van der Waals surface area contributed by atoms with Crippen LogP contribution in [0.2, 0.25) is 0 Å². The molecule has 0 aliphatic heterocycles. The Balaban J connectivity index is 1.99. The average molecular weight is 348 g/mol. The largest absolute Gasteiger partial charge is 0.345 e. The van der Waals surface area contributed by atoms with Gasteiger partial charge in [0.2, 0.25) is 15.9 Å². The van der Waals surface area contributed by atoms with Crippen molar-refractivity contribution in [2.45, 2.75) is 25.2 Å². The fraction of sp³-hybridized carbons (Fsp3) is 0.389. The zero-order valence-corrected chi connectivity index (χ0v) is 15.1. The molecule has 24 heavy (non-hydrogen) atoms. The summed E-state index contributed by atoms with van der Waals surface area (Å²) in [6.45, 7) is 4.82. The minimum Gasteiger partial charge on any atom is -0.345 e. The first-order chi connectivity index (χ1) is 11.3. The highest BCUT2D eigenvalue weighted by Gasteiger charge is 2.16. The molecule has 1 amide bonds. The SMILES string of the molecule is CC(C)CN(C)C(=O)CCNS(=O)(=O)c1ccc2ccccc2c1. The summed E-state index contributed by atoms with van der Waals surface area (Å²) >= 11 is 0. The molecule has 0 aromatic heterocycles. The van der Waals surface area contributed by atoms with Crippen molar-refractivity contribution in [1.82, 2.24) is 9.62 Å². The lowest BCUT2D eigenvalue weighted by molar-refractivity contribution is -0.130. The first kappa shape index (κ1) is 18.4. The Hall–Kier alpha value is -1.92. The van der Waals surface area contributed by atoms with Gasteiger partial charge in [-0.1, -0.05) is 44.2 Å². The second kappa shape index (κ2) is 7.77. The van der Waals surface area contributed by atoms with E-state index in [1.165, 1.54) is 0 Å². The molecular formula is C18H24N2O3S. The number of carbonyl (C=O) groups excluding carboxylic acids is 1. The smallest absolute Gasteiger partial charge is 0.240 e. The predicted molar refractivity (Wildman–Crippen MR) is 96.2 cm³/mol. The van der Waals surface area contributed by atoms with E-state index in [4.69, 9.17) is 0 Å². The molecule has 5 nitrogen and oxygen atoms in total. The van der Waals surface area contributed by atoms with Crippen LogP contribution in [0.3, 0.4) is 0 Å². The quantitative estimate of drug-likeness (QED) is 0.836. The van der Waals surface area contributed by atoms with Crippen LogP contribution in [0.5, 0.6) is 0 Å². The van der Waals surface area contributed by atoms with Crippen molar-refractivity contribution in [3.63, 3.8) is 0 Å². The molecule has 0 atom stereocenters. The monoisotopic (exact) mass is 348 g/mol. The molecule has 2 rings (SSSR count). The number of hydrogen-bond acceptors (Lipinski definition) is 3. The molecule has 2 aromatic rings. The molecule has 0 saturated carbocycles. The number of amides is 1. The summed E-state index contributed by atoms with van der Waals surface area (Å²) in [7, 11) is -1.88. The molecule has 0 unspecified atom stereocenters. The summed E-state index contributed by atoms with van der Waals surface area (Å²) in [5.74, 6) is 0.318. The van der Waals surface area contributed by atoms with E-state index >= 15 is 0 Å². The van der Waals surface area contributed by atoms with Gasteiger partial charge < -0.3 is 4.90 Å². The molecule has 6 heteroatoms. The van der Waals surface area contributed by atoms with Crippen LogP contribution in [-0.2, 0) is 14.8 Å². The van der Waals surface area contributed by atoms with Gasteiger partial charge in [-0.05, 0) is 28.8 Å². The summed E-state index contributed by atoms with van der Waals surface area (Å²) < 4.78 is 27.2. The highest BCUT2D eigenvalue weighted by molar-refractivity contribution is 7.89. The molecule has 0 aliphatic rings. The molecule has 0 spiro atoms. The van der Waals surface area contributed by atoms with E-state index in [9.17, 15) is 13.2 Å². The van der Waals surface area contributed by atoms with E-state index in [0.29, 0.717) is 12.5 Å². The molecule has 1 N–H and O–H groups in total. The number of benzene rings is 2. The normalized spacial score (nSPS) is 11.8. The summed E-state index contributed by atoms with van der Waals surface area (Å²) in [6.07, 6.45) is 0.149. The maximum absolute atomic E-state index is 12.4. The van der Waals surface area contributed by atoms with Gasteiger partial charge >= 0.3 is 0 Å². The van der Waals surface area contributed by atoms with Gasteiger partial charge in [-0.3, -0.25) is 4.79 Å². The van der Waals surface area contributed by atoms with Crippen molar-refractivity contribution in [2.75, 3.05) is 20.1 Å². The van der Waals surface area contributed by atoms with E-state index in [0.717, 1.165) is 10.8 Å². The molecule has 0 aliphatic carbocycles. The van der Waals surface area contributed by atoms with Gasteiger partial charge in [-0.15, -0.1) is 0 Å². The van der Waals surface area contributed by atoms with Crippen molar-refractivity contribution < 1.29 is 13.2 Å². The Morgan fingerprint density at radius 3 is 2.46 bits per heavy atom. The number of hydrogen-bond donors (Lipinski definition) is 1. The number of fused-ring (bicyclic) bond motifs is 1. The lowest BCUT2D eigenvalue weighted by Crippen LogP contribution is -2.34. The zero-order chi connectivity index (χ0) is 17.7. The lowest BCUT2D eigenvalue weighted by Gasteiger charge is -2.19. The molecule has 0 radical (unpaired) electrons. The summed E-state index contributed by atoms with van der Waals surface area (Å²) in [6, 6.07) is 12.6. The third kappa shape index (κ3) is 4.79. The van der Waals surface area contributed by atoms with Crippen LogP contribution in [0.25, 0.3) is 10.8 Å². The Kier molecular flexibility index (Phi) is 5.96. The van der Waals surface area contributed by atoms with Gasteiger partial charge in [-0.25, -0.2) is 13.1 Å². The molecule has 0 saturated heterocycles. The maximum atomic E-state index is 12.4. The summed E-state index contributed by atoms with van der Waals surface area (Å²) in [5, 5.41) is 1.86. The second-order valence-corrected chi connectivity index (χ2v) is 8.09. The molecule has 130 valence electrons. The van der Waals surface area contributed by atoms with Crippen LogP contribution in [0.1, 0.15) is 20.3 Å². The lowest BCUT2D eigenvalue weighted by atomic mass is 10.1. The van der Waals surface area contributed by atoms with E-state index < -0.39 is 10.0 Å². The fourth-order valence-corrected chi connectivity index (χ4v) is 3.62. The van der Waals surface area contributed by atoms with Gasteiger partial charge in [0, 0.05) is 26.6 Å². The first-order valence-electron chi connectivity index (χ1n) is 8.02. The maximum Gasteiger partial charge on any atom is 0.240 e. The van der Waals surface area contributed by atoms with E-state index in [1.54, 1.807) is 30.1 Å². The van der Waals surface area contributed by atoms with Crippen molar-refractivity contribution in [1.29, 1.82) is 0 Å². The van der Waals surface area contributed by atoms with Crippen molar-refractivity contribution in [3.8, 4) is 0 Å². The second-order valence-electron chi connectivity index (χ2n) is 6.32. The molecular weight excluding hydrogens is 324 g/mol. The van der Waals surface area contributed by atoms with E-state index in [-0.39, 0.29) is 23.8 Å². The van der Waals surface area contributed by atoms with Crippen LogP contribution < -0.4 is 4.72 Å². The van der Waals surface area contributed by atoms with Crippen LogP contribution >= 0.6 is 0 Å². The number of rotatable bonds is 7. The summed E-state index contributed by atoms with van der Waals surface area (Å²) in [5.41, 5.74) is 0. The van der Waals surface area contributed by atoms with Crippen molar-refractivity contribution in [2.24, 2.45) is 5.92 Å². The third-order valence-electron chi connectivity index (χ3n) is 3.73. The van der Waals surface area contributed by atoms with Gasteiger partial charge in [0.25, 0.3) is 0 Å². The minimum atomic E-state index is -3.62. The minimum absolute atomic E-state index is 0.0649. The van der Waals surface area contributed by atoms with Crippen LogP contribution in [0.4, 0.5) is 0 Å². The van der Waals surface area contributed by atoms with Gasteiger partial charge in [-0.2, -0.15) is 0 Å². The Labute approximate surface area is 143 Å². The van der Waals surface area contributed by atoms with Crippen LogP contribution in [0.15, 0.2) is 47.4 Å². The number of carbonyl (C=O) groups is 1. The third-order valence-corrected chi connectivity index (χ3v) is 5.19. The van der Waals surface area contributed by atoms with Crippen LogP contribution in [-0.4, -0.2) is 39.4 Å². The first-order valence-corrected chi connectivity index (χ1v) is 9.50. The van der Waals surface area contributed by atoms with E-state index in [1.807, 2.05) is 38.1 Å². The summed E-state index contributed by atoms with van der Waals surface area (Å²) in [4.78, 5) is 13.8. The Morgan fingerprint density at radius 2 is 1.79 bits per heavy atom. The standard InChI is InChI=1S/C18H24N2O3S/c1-14(2)13-20(3)18(21)10-11-19-24(22,23)17-9-8-15-6-4-5-7-16(15)12-17/h4-9,12,14,19H,10-11,13H2,1-3H3. The number of nitrogens with one attached hydrogen (secondary N) is 1. The fourth-order valence-electron chi connectivity index (χ4n) is 2.55. The van der Waals surface area contributed by atoms with Gasteiger partial charge in [0.05, 0.1) is 4.90 Å². The Morgan fingerprint density at radius 1 is 1.12 bits per heavy atom. The molecule has 0 fully saturated rings. The highest BCUT2D eigenvalue weighted by Crippen LogP contribution is 2.18. The van der Waals surface area contributed by atoms with E-state index in [2.05, 4.69) is 4.72 Å². The molecule has 0 bridgehead atoms.